The summed E-state index contributed by atoms with van der Waals surface area (Å²) in [5, 5.41) is 0. The second-order valence-corrected chi connectivity index (χ2v) is 11.0. The minimum atomic E-state index is -1.30. The smallest absolute Gasteiger partial charge is 0.201 e. The molecule has 0 spiro atoms. The van der Waals surface area contributed by atoms with Crippen LogP contribution in [0.4, 0.5) is 26.3 Å². The van der Waals surface area contributed by atoms with Gasteiger partial charge in [0.1, 0.15) is 0 Å². The second kappa shape index (κ2) is 14.8. The van der Waals surface area contributed by atoms with Crippen molar-refractivity contribution >= 4 is 0 Å². The average molecular weight is 593 g/mol. The third kappa shape index (κ3) is 7.24. The zero-order valence-corrected chi connectivity index (χ0v) is 24.2. The predicted octanol–water partition coefficient (Wildman–Crippen LogP) is 10.5. The van der Waals surface area contributed by atoms with Crippen molar-refractivity contribution in [3.05, 3.63) is 82.4 Å². The van der Waals surface area contributed by atoms with Crippen molar-refractivity contribution in [2.75, 3.05) is 13.2 Å². The number of aryl methyl sites for hydroxylation is 1. The summed E-state index contributed by atoms with van der Waals surface area (Å²) in [5.74, 6) is -6.92. The van der Waals surface area contributed by atoms with Gasteiger partial charge in [0, 0.05) is 11.1 Å². The molecule has 228 valence electrons. The van der Waals surface area contributed by atoms with Gasteiger partial charge >= 0.3 is 0 Å². The summed E-state index contributed by atoms with van der Waals surface area (Å²) in [5.41, 5.74) is -0.236. The molecule has 1 saturated carbocycles. The molecule has 42 heavy (non-hydrogen) atoms. The Kier molecular flexibility index (Phi) is 11.2. The third-order valence-electron chi connectivity index (χ3n) is 8.24. The lowest BCUT2D eigenvalue weighted by Gasteiger charge is -2.29. The van der Waals surface area contributed by atoms with Gasteiger partial charge in [-0.3, -0.25) is 0 Å². The number of unbranched alkanes of at least 4 members (excludes halogenated alkanes) is 3. The maximum Gasteiger partial charge on any atom is 0.201 e. The minimum absolute atomic E-state index is 0.0582. The summed E-state index contributed by atoms with van der Waals surface area (Å²) in [6, 6.07) is 8.15. The van der Waals surface area contributed by atoms with Gasteiger partial charge in [-0.15, -0.1) is 0 Å². The Bertz CT molecular complexity index is 1350. The summed E-state index contributed by atoms with van der Waals surface area (Å²) < 4.78 is 98.8. The number of hydrogen-bond acceptors (Lipinski definition) is 2. The summed E-state index contributed by atoms with van der Waals surface area (Å²) in [6.07, 6.45) is 7.63. The van der Waals surface area contributed by atoms with Crippen molar-refractivity contribution in [3.63, 3.8) is 0 Å². The number of ether oxygens (including phenoxy) is 2. The highest BCUT2D eigenvalue weighted by molar-refractivity contribution is 5.66. The second-order valence-electron chi connectivity index (χ2n) is 11.0. The highest BCUT2D eigenvalue weighted by atomic mass is 19.2. The van der Waals surface area contributed by atoms with E-state index in [0.29, 0.717) is 31.4 Å². The van der Waals surface area contributed by atoms with Crippen LogP contribution < -0.4 is 9.47 Å². The van der Waals surface area contributed by atoms with Crippen LogP contribution in [0, 0.1) is 40.8 Å². The van der Waals surface area contributed by atoms with Gasteiger partial charge in [-0.1, -0.05) is 44.4 Å². The highest BCUT2D eigenvalue weighted by Crippen LogP contribution is 2.40. The van der Waals surface area contributed by atoms with Gasteiger partial charge in [0.05, 0.1) is 13.2 Å². The van der Waals surface area contributed by atoms with Gasteiger partial charge in [0.25, 0.3) is 0 Å². The number of halogens is 6. The Morgan fingerprint density at radius 3 is 1.93 bits per heavy atom. The maximum absolute atomic E-state index is 15.0. The van der Waals surface area contributed by atoms with E-state index in [1.54, 1.807) is 13.0 Å². The summed E-state index contributed by atoms with van der Waals surface area (Å²) in [4.78, 5) is 0. The Hall–Kier alpha value is -3.16. The number of benzene rings is 3. The van der Waals surface area contributed by atoms with Gasteiger partial charge in [-0.25, -0.2) is 17.6 Å². The lowest BCUT2D eigenvalue weighted by molar-refractivity contribution is 0.280. The maximum atomic E-state index is 15.0. The lowest BCUT2D eigenvalue weighted by Crippen LogP contribution is -2.16. The first kappa shape index (κ1) is 31.8. The first-order valence-corrected chi connectivity index (χ1v) is 14.9. The molecule has 0 atom stereocenters. The standard InChI is InChI=1S/C34H38F6O2/c1-3-5-6-7-20-42-28-18-16-24(30(36)34(28)40)22-11-8-21(9-12-22)10-13-23-14-15-25(31(37)29(23)35)26-17-19-27(41-4-2)33(39)32(26)38/h14-19,21-22H,3-13,20H2,1-2H3/t21-,22-. The lowest BCUT2D eigenvalue weighted by atomic mass is 9.76. The highest BCUT2D eigenvalue weighted by Gasteiger charge is 2.27. The molecule has 3 aromatic carbocycles. The van der Waals surface area contributed by atoms with Crippen LogP contribution in [0.5, 0.6) is 11.5 Å². The summed E-state index contributed by atoms with van der Waals surface area (Å²) >= 11 is 0. The normalized spacial score (nSPS) is 17.0. The van der Waals surface area contributed by atoms with E-state index < -0.39 is 34.9 Å². The Balaban J connectivity index is 1.33. The van der Waals surface area contributed by atoms with Crippen LogP contribution in [0.15, 0.2) is 36.4 Å². The zero-order valence-electron chi connectivity index (χ0n) is 24.2. The van der Waals surface area contributed by atoms with Crippen molar-refractivity contribution in [1.82, 2.24) is 0 Å². The van der Waals surface area contributed by atoms with E-state index in [2.05, 4.69) is 6.92 Å². The molecule has 0 amide bonds. The molecule has 0 N–H and O–H groups in total. The van der Waals surface area contributed by atoms with Gasteiger partial charge in [0.2, 0.25) is 11.6 Å². The molecule has 2 nitrogen and oxygen atoms in total. The fourth-order valence-corrected chi connectivity index (χ4v) is 5.80. The summed E-state index contributed by atoms with van der Waals surface area (Å²) in [7, 11) is 0. The molecular weight excluding hydrogens is 554 g/mol. The molecule has 1 aliphatic rings. The molecule has 4 rings (SSSR count). The number of rotatable bonds is 13. The van der Waals surface area contributed by atoms with Crippen molar-refractivity contribution < 1.29 is 35.8 Å². The van der Waals surface area contributed by atoms with E-state index in [1.165, 1.54) is 30.3 Å². The molecule has 0 aromatic heterocycles. The molecule has 8 heteroatoms. The van der Waals surface area contributed by atoms with E-state index >= 15 is 0 Å². The van der Waals surface area contributed by atoms with Crippen molar-refractivity contribution in [3.8, 4) is 22.6 Å². The van der Waals surface area contributed by atoms with Crippen molar-refractivity contribution in [2.24, 2.45) is 5.92 Å². The molecular formula is C34H38F6O2. The molecule has 0 radical (unpaired) electrons. The van der Waals surface area contributed by atoms with Gasteiger partial charge in [-0.2, -0.15) is 8.78 Å². The van der Waals surface area contributed by atoms with Crippen molar-refractivity contribution in [1.29, 1.82) is 0 Å². The molecule has 0 heterocycles. The SMILES string of the molecule is CCCCCCOc1ccc([C@H]2CC[C@H](CCc3ccc(-c4ccc(OCC)c(F)c4F)c(F)c3F)CC2)c(F)c1F. The van der Waals surface area contributed by atoms with Crippen LogP contribution in [0.3, 0.4) is 0 Å². The molecule has 0 saturated heterocycles. The molecule has 1 fully saturated rings. The van der Waals surface area contributed by atoms with Gasteiger partial charge < -0.3 is 9.47 Å². The Morgan fingerprint density at radius 2 is 1.24 bits per heavy atom. The first-order chi connectivity index (χ1) is 20.3. The fourth-order valence-electron chi connectivity index (χ4n) is 5.80. The average Bonchev–Trinajstić information content (AvgIpc) is 2.99. The summed E-state index contributed by atoms with van der Waals surface area (Å²) in [6.45, 7) is 4.20. The van der Waals surface area contributed by atoms with E-state index in [-0.39, 0.29) is 53.1 Å². The van der Waals surface area contributed by atoms with Crippen molar-refractivity contribution in [2.45, 2.75) is 84.0 Å². The molecule has 0 unspecified atom stereocenters. The van der Waals surface area contributed by atoms with Gasteiger partial charge in [-0.05, 0) is 93.0 Å². The van der Waals surface area contributed by atoms with Crippen LogP contribution in [0.2, 0.25) is 0 Å². The van der Waals surface area contributed by atoms with Gasteiger partial charge in [0.15, 0.2) is 34.8 Å². The van der Waals surface area contributed by atoms with Crippen LogP contribution in [0.25, 0.3) is 11.1 Å². The zero-order chi connectivity index (χ0) is 30.2. The Morgan fingerprint density at radius 1 is 0.619 bits per heavy atom. The quantitative estimate of drug-likeness (QED) is 0.145. The topological polar surface area (TPSA) is 18.5 Å². The predicted molar refractivity (Wildman–Crippen MR) is 152 cm³/mol. The van der Waals surface area contributed by atoms with Crippen LogP contribution in [-0.4, -0.2) is 13.2 Å². The monoisotopic (exact) mass is 592 g/mol. The van der Waals surface area contributed by atoms with E-state index in [0.717, 1.165) is 38.5 Å². The minimum Gasteiger partial charge on any atom is -0.491 e. The first-order valence-electron chi connectivity index (χ1n) is 14.9. The molecule has 1 aliphatic carbocycles. The third-order valence-corrected chi connectivity index (χ3v) is 8.24. The largest absolute Gasteiger partial charge is 0.491 e. The number of hydrogen-bond donors (Lipinski definition) is 0. The van der Waals surface area contributed by atoms with E-state index in [4.69, 9.17) is 9.47 Å². The molecule has 3 aromatic rings. The van der Waals surface area contributed by atoms with E-state index in [9.17, 15) is 26.3 Å². The Labute approximate surface area is 244 Å². The van der Waals surface area contributed by atoms with Crippen LogP contribution in [0.1, 0.15) is 88.7 Å². The van der Waals surface area contributed by atoms with Crippen LogP contribution in [-0.2, 0) is 6.42 Å². The fraction of sp³-hybridized carbons (Fsp3) is 0.471. The van der Waals surface area contributed by atoms with E-state index in [1.807, 2.05) is 0 Å². The van der Waals surface area contributed by atoms with Crippen LogP contribution >= 0.6 is 0 Å². The molecule has 0 aliphatic heterocycles. The molecule has 0 bridgehead atoms.